The van der Waals surface area contributed by atoms with Gasteiger partial charge in [0.25, 0.3) is 0 Å². The Morgan fingerprint density at radius 3 is 1.14 bits per heavy atom. The van der Waals surface area contributed by atoms with Crippen LogP contribution in [0.1, 0.15) is 0 Å². The molecule has 0 aliphatic carbocycles. The van der Waals surface area contributed by atoms with Crippen molar-refractivity contribution < 1.29 is 0 Å². The Bertz CT molecular complexity index is 2520. The molecule has 0 aromatic heterocycles. The second-order valence-electron chi connectivity index (χ2n) is 13.0. The molecular weight excluding hydrogens is 615 g/mol. The fourth-order valence-corrected chi connectivity index (χ4v) is 7.36. The summed E-state index contributed by atoms with van der Waals surface area (Å²) in [6, 6.07) is 76.7. The van der Waals surface area contributed by atoms with Gasteiger partial charge in [0, 0.05) is 17.1 Å². The molecule has 0 aliphatic heterocycles. The maximum Gasteiger partial charge on any atom is 0.0467 e. The Labute approximate surface area is 299 Å². The fraction of sp³-hybridized carbons (Fsp3) is 0. The van der Waals surface area contributed by atoms with E-state index in [4.69, 9.17) is 0 Å². The van der Waals surface area contributed by atoms with E-state index in [1.165, 1.54) is 66.1 Å². The summed E-state index contributed by atoms with van der Waals surface area (Å²) in [5, 5.41) is 4.99. The molecule has 0 N–H and O–H groups in total. The Kier molecular flexibility index (Phi) is 7.92. The van der Waals surface area contributed by atoms with Crippen LogP contribution < -0.4 is 4.90 Å². The first-order valence-corrected chi connectivity index (χ1v) is 17.5. The summed E-state index contributed by atoms with van der Waals surface area (Å²) in [6.45, 7) is 0. The number of anilines is 3. The van der Waals surface area contributed by atoms with Gasteiger partial charge in [-0.25, -0.2) is 0 Å². The number of benzene rings is 9. The quantitative estimate of drug-likeness (QED) is 0.166. The van der Waals surface area contributed by atoms with E-state index in [2.05, 4.69) is 217 Å². The Balaban J connectivity index is 1.20. The van der Waals surface area contributed by atoms with Crippen LogP contribution in [0.15, 0.2) is 212 Å². The topological polar surface area (TPSA) is 3.24 Å². The van der Waals surface area contributed by atoms with E-state index < -0.39 is 0 Å². The predicted molar refractivity (Wildman–Crippen MR) is 218 cm³/mol. The summed E-state index contributed by atoms with van der Waals surface area (Å²) in [7, 11) is 0. The monoisotopic (exact) mass is 649 g/mol. The zero-order chi connectivity index (χ0) is 34.0. The van der Waals surface area contributed by atoms with Crippen LogP contribution in [-0.4, -0.2) is 0 Å². The summed E-state index contributed by atoms with van der Waals surface area (Å²) in [5.41, 5.74) is 12.9. The van der Waals surface area contributed by atoms with Crippen LogP contribution in [0.5, 0.6) is 0 Å². The number of hydrogen-bond donors (Lipinski definition) is 0. The van der Waals surface area contributed by atoms with Crippen molar-refractivity contribution in [1.29, 1.82) is 0 Å². The lowest BCUT2D eigenvalue weighted by Crippen LogP contribution is -2.10. The summed E-state index contributed by atoms with van der Waals surface area (Å²) in [4.78, 5) is 2.40. The summed E-state index contributed by atoms with van der Waals surface area (Å²) in [5.74, 6) is 0. The number of rotatable bonds is 7. The molecule has 0 spiro atoms. The molecule has 0 saturated carbocycles. The molecule has 0 unspecified atom stereocenters. The van der Waals surface area contributed by atoms with Gasteiger partial charge in [-0.1, -0.05) is 170 Å². The van der Waals surface area contributed by atoms with Gasteiger partial charge >= 0.3 is 0 Å². The van der Waals surface area contributed by atoms with E-state index in [1.54, 1.807) is 0 Å². The lowest BCUT2D eigenvalue weighted by atomic mass is 9.96. The van der Waals surface area contributed by atoms with Crippen LogP contribution in [0.25, 0.3) is 66.1 Å². The van der Waals surface area contributed by atoms with Gasteiger partial charge in [0.1, 0.15) is 0 Å². The highest BCUT2D eigenvalue weighted by Crippen LogP contribution is 2.41. The van der Waals surface area contributed by atoms with Gasteiger partial charge in [-0.15, -0.1) is 0 Å². The Morgan fingerprint density at radius 1 is 0.235 bits per heavy atom. The maximum atomic E-state index is 2.40. The third kappa shape index (κ3) is 5.96. The van der Waals surface area contributed by atoms with E-state index in [9.17, 15) is 0 Å². The first kappa shape index (κ1) is 30.4. The van der Waals surface area contributed by atoms with Crippen molar-refractivity contribution in [2.45, 2.75) is 0 Å². The van der Waals surface area contributed by atoms with Gasteiger partial charge in [-0.3, -0.25) is 0 Å². The molecule has 0 fully saturated rings. The second kappa shape index (κ2) is 13.3. The number of nitrogens with zero attached hydrogens (tertiary/aromatic N) is 1. The number of hydrogen-bond acceptors (Lipinski definition) is 1. The lowest BCUT2D eigenvalue weighted by molar-refractivity contribution is 1.28. The zero-order valence-electron chi connectivity index (χ0n) is 28.2. The van der Waals surface area contributed by atoms with Crippen molar-refractivity contribution in [1.82, 2.24) is 0 Å². The van der Waals surface area contributed by atoms with Crippen molar-refractivity contribution in [2.24, 2.45) is 0 Å². The predicted octanol–water partition coefficient (Wildman–Crippen LogP) is 14.1. The first-order valence-electron chi connectivity index (χ1n) is 17.5. The van der Waals surface area contributed by atoms with Crippen molar-refractivity contribution in [3.8, 4) is 44.5 Å². The third-order valence-corrected chi connectivity index (χ3v) is 9.82. The highest BCUT2D eigenvalue weighted by atomic mass is 15.1. The molecule has 1 nitrogen and oxygen atoms in total. The largest absolute Gasteiger partial charge is 0.310 e. The van der Waals surface area contributed by atoms with E-state index in [-0.39, 0.29) is 0 Å². The second-order valence-corrected chi connectivity index (χ2v) is 13.0. The average Bonchev–Trinajstić information content (AvgIpc) is 3.21. The molecule has 0 radical (unpaired) electrons. The van der Waals surface area contributed by atoms with Crippen LogP contribution in [0.2, 0.25) is 0 Å². The van der Waals surface area contributed by atoms with Gasteiger partial charge in [-0.05, 0) is 109 Å². The molecule has 51 heavy (non-hydrogen) atoms. The van der Waals surface area contributed by atoms with E-state index in [1.807, 2.05) is 0 Å². The summed E-state index contributed by atoms with van der Waals surface area (Å²) in [6.07, 6.45) is 0. The Morgan fingerprint density at radius 2 is 0.588 bits per heavy atom. The molecular formula is C50H35N. The van der Waals surface area contributed by atoms with Gasteiger partial charge in [-0.2, -0.15) is 0 Å². The molecule has 240 valence electrons. The third-order valence-electron chi connectivity index (χ3n) is 9.82. The average molecular weight is 650 g/mol. The minimum atomic E-state index is 1.10. The SMILES string of the molecule is c1ccc(-c2cccc(-c3cccc(N(c4cccc(-c5cccc6ccccc56)c4)c4cccc(-c5cccc6ccccc56)c4)c3)c2)cc1. The number of fused-ring (bicyclic) bond motifs is 2. The molecule has 0 heterocycles. The zero-order valence-corrected chi connectivity index (χ0v) is 28.2. The normalized spacial score (nSPS) is 11.1. The van der Waals surface area contributed by atoms with Gasteiger partial charge < -0.3 is 4.90 Å². The molecule has 0 bridgehead atoms. The van der Waals surface area contributed by atoms with Crippen LogP contribution in [0.3, 0.4) is 0 Å². The van der Waals surface area contributed by atoms with Gasteiger partial charge in [0.2, 0.25) is 0 Å². The summed E-state index contributed by atoms with van der Waals surface area (Å²) < 4.78 is 0. The van der Waals surface area contributed by atoms with E-state index in [0.29, 0.717) is 0 Å². The molecule has 9 aromatic rings. The van der Waals surface area contributed by atoms with Crippen molar-refractivity contribution >= 4 is 38.6 Å². The van der Waals surface area contributed by atoms with E-state index in [0.717, 1.165) is 17.1 Å². The van der Waals surface area contributed by atoms with E-state index >= 15 is 0 Å². The molecule has 0 aliphatic rings. The molecule has 9 aromatic carbocycles. The van der Waals surface area contributed by atoms with Crippen LogP contribution >= 0.6 is 0 Å². The van der Waals surface area contributed by atoms with Gasteiger partial charge in [0.15, 0.2) is 0 Å². The highest BCUT2D eigenvalue weighted by molar-refractivity contribution is 5.99. The summed E-state index contributed by atoms with van der Waals surface area (Å²) >= 11 is 0. The first-order chi connectivity index (χ1) is 25.3. The standard InChI is InChI=1S/C50H35N/c1-2-14-36(15-3-1)39-20-8-21-40(32-39)41-22-9-25-44(33-41)51(45-26-10-23-42(34-45)49-30-12-18-37-16-4-6-28-47(37)49)46-27-11-24-43(35-46)50-31-13-19-38-17-5-7-29-48(38)50/h1-35H. The molecule has 0 atom stereocenters. The van der Waals surface area contributed by atoms with Crippen molar-refractivity contribution in [3.63, 3.8) is 0 Å². The maximum absolute atomic E-state index is 2.40. The van der Waals surface area contributed by atoms with Crippen molar-refractivity contribution in [2.75, 3.05) is 4.90 Å². The van der Waals surface area contributed by atoms with Crippen LogP contribution in [0.4, 0.5) is 17.1 Å². The minimum Gasteiger partial charge on any atom is -0.310 e. The minimum absolute atomic E-state index is 1.10. The molecule has 9 rings (SSSR count). The smallest absolute Gasteiger partial charge is 0.0467 e. The molecule has 0 saturated heterocycles. The van der Waals surface area contributed by atoms with Crippen LogP contribution in [0, 0.1) is 0 Å². The molecule has 0 amide bonds. The Hall–Kier alpha value is -6.70. The van der Waals surface area contributed by atoms with Crippen LogP contribution in [-0.2, 0) is 0 Å². The molecule has 1 heteroatoms. The lowest BCUT2D eigenvalue weighted by Gasteiger charge is -2.27. The fourth-order valence-electron chi connectivity index (χ4n) is 7.36. The van der Waals surface area contributed by atoms with Gasteiger partial charge in [0.05, 0.1) is 0 Å². The van der Waals surface area contributed by atoms with Crippen molar-refractivity contribution in [3.05, 3.63) is 212 Å². The highest BCUT2D eigenvalue weighted by Gasteiger charge is 2.17.